The van der Waals surface area contributed by atoms with Crippen molar-refractivity contribution in [3.63, 3.8) is 0 Å². The van der Waals surface area contributed by atoms with E-state index in [2.05, 4.69) is 21.2 Å². The van der Waals surface area contributed by atoms with Gasteiger partial charge in [-0.05, 0) is 65.4 Å². The Labute approximate surface area is 111 Å². The standard InChI is InChI=1S/C14H19BrFN/c1-17-10-14(6-2-3-7-14)9-11-4-5-13(16)12(15)8-11/h4-5,8,17H,2-3,6-7,9-10H2,1H3. The Morgan fingerprint density at radius 3 is 2.65 bits per heavy atom. The Morgan fingerprint density at radius 2 is 2.06 bits per heavy atom. The Kier molecular flexibility index (Phi) is 4.21. The number of halogens is 2. The lowest BCUT2D eigenvalue weighted by Gasteiger charge is -2.29. The van der Waals surface area contributed by atoms with E-state index in [1.54, 1.807) is 6.07 Å². The van der Waals surface area contributed by atoms with E-state index in [0.29, 0.717) is 9.89 Å². The zero-order chi connectivity index (χ0) is 12.3. The van der Waals surface area contributed by atoms with E-state index in [1.807, 2.05) is 19.2 Å². The van der Waals surface area contributed by atoms with E-state index in [-0.39, 0.29) is 5.82 Å². The highest BCUT2D eigenvalue weighted by atomic mass is 79.9. The van der Waals surface area contributed by atoms with Crippen LogP contribution in [0.3, 0.4) is 0 Å². The van der Waals surface area contributed by atoms with Gasteiger partial charge in [-0.25, -0.2) is 4.39 Å². The van der Waals surface area contributed by atoms with Crippen LogP contribution < -0.4 is 5.32 Å². The van der Waals surface area contributed by atoms with Crippen molar-refractivity contribution in [2.24, 2.45) is 5.41 Å². The molecule has 1 nitrogen and oxygen atoms in total. The predicted octanol–water partition coefficient (Wildman–Crippen LogP) is 3.91. The molecule has 0 atom stereocenters. The van der Waals surface area contributed by atoms with Gasteiger partial charge in [-0.15, -0.1) is 0 Å². The van der Waals surface area contributed by atoms with Crippen molar-refractivity contribution in [3.8, 4) is 0 Å². The summed E-state index contributed by atoms with van der Waals surface area (Å²) in [6.45, 7) is 1.06. The van der Waals surface area contributed by atoms with Crippen molar-refractivity contribution in [2.45, 2.75) is 32.1 Å². The maximum absolute atomic E-state index is 13.2. The topological polar surface area (TPSA) is 12.0 Å². The van der Waals surface area contributed by atoms with Crippen LogP contribution in [-0.2, 0) is 6.42 Å². The molecular weight excluding hydrogens is 281 g/mol. The largest absolute Gasteiger partial charge is 0.319 e. The first-order chi connectivity index (χ1) is 8.15. The quantitative estimate of drug-likeness (QED) is 0.889. The molecule has 1 aliphatic carbocycles. The maximum atomic E-state index is 13.2. The fourth-order valence-electron chi connectivity index (χ4n) is 3.00. The predicted molar refractivity (Wildman–Crippen MR) is 72.6 cm³/mol. The molecule has 3 heteroatoms. The molecule has 1 fully saturated rings. The SMILES string of the molecule is CNCC1(Cc2ccc(F)c(Br)c2)CCCC1. The second kappa shape index (κ2) is 5.49. The molecule has 0 unspecified atom stereocenters. The minimum atomic E-state index is -0.178. The molecule has 0 saturated heterocycles. The molecule has 0 aromatic heterocycles. The average Bonchev–Trinajstić information content (AvgIpc) is 2.73. The van der Waals surface area contributed by atoms with Crippen molar-refractivity contribution >= 4 is 15.9 Å². The summed E-state index contributed by atoms with van der Waals surface area (Å²) >= 11 is 3.26. The van der Waals surface area contributed by atoms with Crippen LogP contribution in [0.5, 0.6) is 0 Å². The zero-order valence-corrected chi connectivity index (χ0v) is 11.8. The van der Waals surface area contributed by atoms with E-state index < -0.39 is 0 Å². The first-order valence-corrected chi connectivity index (χ1v) is 7.03. The lowest BCUT2D eigenvalue weighted by Crippen LogP contribution is -2.32. The summed E-state index contributed by atoms with van der Waals surface area (Å²) in [6.07, 6.45) is 6.26. The maximum Gasteiger partial charge on any atom is 0.137 e. The van der Waals surface area contributed by atoms with Crippen LogP contribution in [0.25, 0.3) is 0 Å². The molecule has 1 aliphatic rings. The smallest absolute Gasteiger partial charge is 0.137 e. The molecule has 0 radical (unpaired) electrons. The normalized spacial score (nSPS) is 18.5. The second-order valence-corrected chi connectivity index (χ2v) is 6.02. The third-order valence-corrected chi connectivity index (χ3v) is 4.39. The van der Waals surface area contributed by atoms with E-state index in [1.165, 1.54) is 31.2 Å². The monoisotopic (exact) mass is 299 g/mol. The number of benzene rings is 1. The second-order valence-electron chi connectivity index (χ2n) is 5.16. The van der Waals surface area contributed by atoms with Gasteiger partial charge in [0.1, 0.15) is 5.82 Å². The molecule has 0 amide bonds. The van der Waals surface area contributed by atoms with Crippen LogP contribution in [0.2, 0.25) is 0 Å². The lowest BCUT2D eigenvalue weighted by atomic mass is 9.80. The minimum Gasteiger partial charge on any atom is -0.319 e. The summed E-state index contributed by atoms with van der Waals surface area (Å²) in [5.41, 5.74) is 1.61. The van der Waals surface area contributed by atoms with Gasteiger partial charge in [0.05, 0.1) is 4.47 Å². The molecule has 2 rings (SSSR count). The van der Waals surface area contributed by atoms with Gasteiger partial charge in [-0.1, -0.05) is 18.9 Å². The molecule has 1 N–H and O–H groups in total. The first-order valence-electron chi connectivity index (χ1n) is 6.24. The molecule has 0 aliphatic heterocycles. The highest BCUT2D eigenvalue weighted by Gasteiger charge is 2.33. The van der Waals surface area contributed by atoms with Crippen molar-refractivity contribution in [1.29, 1.82) is 0 Å². The van der Waals surface area contributed by atoms with Crippen LogP contribution in [0.4, 0.5) is 4.39 Å². The third-order valence-electron chi connectivity index (χ3n) is 3.78. The number of hydrogen-bond acceptors (Lipinski definition) is 1. The van der Waals surface area contributed by atoms with Crippen molar-refractivity contribution in [2.75, 3.05) is 13.6 Å². The van der Waals surface area contributed by atoms with Crippen LogP contribution in [0, 0.1) is 11.2 Å². The molecule has 0 heterocycles. The van der Waals surface area contributed by atoms with Gasteiger partial charge in [0, 0.05) is 6.54 Å². The van der Waals surface area contributed by atoms with Crippen molar-refractivity contribution in [3.05, 3.63) is 34.1 Å². The van der Waals surface area contributed by atoms with E-state index in [4.69, 9.17) is 0 Å². The van der Waals surface area contributed by atoms with Gasteiger partial charge in [-0.3, -0.25) is 0 Å². The summed E-state index contributed by atoms with van der Waals surface area (Å²) in [4.78, 5) is 0. The summed E-state index contributed by atoms with van der Waals surface area (Å²) in [7, 11) is 2.01. The van der Waals surface area contributed by atoms with E-state index in [0.717, 1.165) is 13.0 Å². The van der Waals surface area contributed by atoms with Crippen molar-refractivity contribution < 1.29 is 4.39 Å². The highest BCUT2D eigenvalue weighted by Crippen LogP contribution is 2.40. The van der Waals surface area contributed by atoms with Crippen molar-refractivity contribution in [1.82, 2.24) is 5.32 Å². The van der Waals surface area contributed by atoms with Gasteiger partial charge in [0.15, 0.2) is 0 Å². The lowest BCUT2D eigenvalue weighted by molar-refractivity contribution is 0.285. The van der Waals surface area contributed by atoms with E-state index in [9.17, 15) is 4.39 Å². The summed E-state index contributed by atoms with van der Waals surface area (Å²) in [5, 5.41) is 3.31. The number of rotatable bonds is 4. The zero-order valence-electron chi connectivity index (χ0n) is 10.2. The Morgan fingerprint density at radius 1 is 1.35 bits per heavy atom. The number of nitrogens with one attached hydrogen (secondary N) is 1. The molecule has 17 heavy (non-hydrogen) atoms. The first kappa shape index (κ1) is 13.0. The minimum absolute atomic E-state index is 0.178. The fraction of sp³-hybridized carbons (Fsp3) is 0.571. The van der Waals surface area contributed by atoms with Gasteiger partial charge < -0.3 is 5.32 Å². The van der Waals surface area contributed by atoms with Crippen LogP contribution in [-0.4, -0.2) is 13.6 Å². The van der Waals surface area contributed by atoms with E-state index >= 15 is 0 Å². The Balaban J connectivity index is 2.14. The summed E-state index contributed by atoms with van der Waals surface area (Å²) in [6, 6.07) is 5.39. The average molecular weight is 300 g/mol. The highest BCUT2D eigenvalue weighted by molar-refractivity contribution is 9.10. The molecule has 1 aromatic rings. The van der Waals surface area contributed by atoms with Crippen LogP contribution in [0.1, 0.15) is 31.2 Å². The molecule has 1 aromatic carbocycles. The Hall–Kier alpha value is -0.410. The molecular formula is C14H19BrFN. The van der Waals surface area contributed by atoms with Gasteiger partial charge in [0.2, 0.25) is 0 Å². The van der Waals surface area contributed by atoms with Crippen LogP contribution in [0.15, 0.2) is 22.7 Å². The molecule has 1 saturated carbocycles. The summed E-state index contributed by atoms with van der Waals surface area (Å²) in [5.74, 6) is -0.178. The molecule has 94 valence electrons. The molecule has 0 spiro atoms. The fourth-order valence-corrected chi connectivity index (χ4v) is 3.42. The Bertz CT molecular complexity index is 386. The number of hydrogen-bond donors (Lipinski definition) is 1. The van der Waals surface area contributed by atoms with Gasteiger partial charge >= 0.3 is 0 Å². The van der Waals surface area contributed by atoms with Gasteiger partial charge in [0.25, 0.3) is 0 Å². The molecule has 0 bridgehead atoms. The van der Waals surface area contributed by atoms with Gasteiger partial charge in [-0.2, -0.15) is 0 Å². The third kappa shape index (κ3) is 3.08. The summed E-state index contributed by atoms with van der Waals surface area (Å²) < 4.78 is 13.8. The van der Waals surface area contributed by atoms with Crippen LogP contribution >= 0.6 is 15.9 Å².